The molecule has 5 heteroatoms. The Labute approximate surface area is 133 Å². The molecule has 1 fully saturated rings. The fourth-order valence-electron chi connectivity index (χ4n) is 3.81. The monoisotopic (exact) mass is 322 g/mol. The maximum Gasteiger partial charge on any atom is 0.163 e. The summed E-state index contributed by atoms with van der Waals surface area (Å²) in [6.07, 6.45) is 7.90. The molecule has 0 unspecified atom stereocenters. The fraction of sp³-hybridized carbons (Fsp3) is 0.625. The lowest BCUT2D eigenvalue weighted by molar-refractivity contribution is -0.0454. The summed E-state index contributed by atoms with van der Waals surface area (Å²) >= 11 is 8.33. The minimum atomic E-state index is -0.305. The molecule has 2 aliphatic rings. The van der Waals surface area contributed by atoms with Crippen LogP contribution in [0.3, 0.4) is 0 Å². The van der Waals surface area contributed by atoms with Gasteiger partial charge in [0.1, 0.15) is 15.6 Å². The molecular formula is C16H19ClN2OS. The van der Waals surface area contributed by atoms with Crippen molar-refractivity contribution in [2.75, 3.05) is 6.61 Å². The molecule has 0 radical (unpaired) electrons. The summed E-state index contributed by atoms with van der Waals surface area (Å²) in [5.74, 6) is 0.805. The number of halogens is 1. The van der Waals surface area contributed by atoms with Crippen molar-refractivity contribution < 1.29 is 4.74 Å². The molecule has 0 aromatic carbocycles. The summed E-state index contributed by atoms with van der Waals surface area (Å²) in [7, 11) is 0. The molecule has 1 saturated carbocycles. The van der Waals surface area contributed by atoms with Crippen molar-refractivity contribution in [2.24, 2.45) is 0 Å². The molecule has 0 N–H and O–H groups in total. The zero-order valence-corrected chi connectivity index (χ0v) is 13.8. The van der Waals surface area contributed by atoms with Gasteiger partial charge >= 0.3 is 0 Å². The first-order valence-electron chi connectivity index (χ1n) is 7.86. The standard InChI is InChI=1S/C16H19ClN2OS/c1-2-20-16(8-3-4-9-16)15-18-13(17)12-10-6-5-7-11(10)21-14(12)19-15/h2-9H2,1H3. The summed E-state index contributed by atoms with van der Waals surface area (Å²) in [6, 6.07) is 0. The molecule has 3 nitrogen and oxygen atoms in total. The van der Waals surface area contributed by atoms with Crippen molar-refractivity contribution >= 4 is 33.2 Å². The van der Waals surface area contributed by atoms with Gasteiger partial charge in [0, 0.05) is 11.5 Å². The quantitative estimate of drug-likeness (QED) is 0.772. The number of aromatic nitrogens is 2. The molecule has 0 amide bonds. The van der Waals surface area contributed by atoms with Crippen molar-refractivity contribution in [3.63, 3.8) is 0 Å². The van der Waals surface area contributed by atoms with E-state index in [1.54, 1.807) is 11.3 Å². The highest BCUT2D eigenvalue weighted by atomic mass is 35.5. The Hall–Kier alpha value is -0.710. The van der Waals surface area contributed by atoms with Crippen LogP contribution in [0.5, 0.6) is 0 Å². The highest BCUT2D eigenvalue weighted by Crippen LogP contribution is 2.44. The van der Waals surface area contributed by atoms with E-state index in [9.17, 15) is 0 Å². The van der Waals surface area contributed by atoms with E-state index in [1.165, 1.54) is 36.1 Å². The predicted molar refractivity (Wildman–Crippen MR) is 86.2 cm³/mol. The van der Waals surface area contributed by atoms with Gasteiger partial charge in [-0.2, -0.15) is 0 Å². The van der Waals surface area contributed by atoms with Gasteiger partial charge in [0.05, 0.1) is 5.39 Å². The first kappa shape index (κ1) is 13.9. The van der Waals surface area contributed by atoms with Crippen LogP contribution < -0.4 is 0 Å². The molecule has 0 spiro atoms. The largest absolute Gasteiger partial charge is 0.367 e. The molecule has 0 aliphatic heterocycles. The Bertz CT molecular complexity index is 691. The van der Waals surface area contributed by atoms with Gasteiger partial charge in [-0.3, -0.25) is 0 Å². The number of aryl methyl sites for hydroxylation is 2. The summed E-state index contributed by atoms with van der Waals surface area (Å²) < 4.78 is 6.08. The van der Waals surface area contributed by atoms with E-state index in [0.717, 1.165) is 35.3 Å². The fourth-order valence-corrected chi connectivity index (χ4v) is 5.41. The molecule has 0 saturated heterocycles. The van der Waals surface area contributed by atoms with E-state index in [-0.39, 0.29) is 5.60 Å². The van der Waals surface area contributed by atoms with Gasteiger partial charge < -0.3 is 4.74 Å². The molecule has 2 aromatic rings. The highest BCUT2D eigenvalue weighted by molar-refractivity contribution is 7.19. The second kappa shape index (κ2) is 5.18. The van der Waals surface area contributed by atoms with Gasteiger partial charge in [-0.1, -0.05) is 11.6 Å². The number of thiophene rings is 1. The molecule has 0 atom stereocenters. The molecule has 0 bridgehead atoms. The average molecular weight is 323 g/mol. The molecular weight excluding hydrogens is 304 g/mol. The number of ether oxygens (including phenoxy) is 1. The topological polar surface area (TPSA) is 35.0 Å². The van der Waals surface area contributed by atoms with Gasteiger partial charge in [0.25, 0.3) is 0 Å². The zero-order chi connectivity index (χ0) is 14.4. The van der Waals surface area contributed by atoms with E-state index in [1.807, 2.05) is 6.92 Å². The molecule has 2 heterocycles. The van der Waals surface area contributed by atoms with E-state index in [2.05, 4.69) is 4.98 Å². The van der Waals surface area contributed by atoms with Crippen molar-refractivity contribution in [3.8, 4) is 0 Å². The number of hydrogen-bond donors (Lipinski definition) is 0. The van der Waals surface area contributed by atoms with Crippen LogP contribution in [0.1, 0.15) is 55.3 Å². The maximum atomic E-state index is 6.53. The van der Waals surface area contributed by atoms with E-state index in [4.69, 9.17) is 21.3 Å². The normalized spacial score (nSPS) is 20.3. The van der Waals surface area contributed by atoms with E-state index < -0.39 is 0 Å². The first-order valence-corrected chi connectivity index (χ1v) is 9.05. The van der Waals surface area contributed by atoms with Gasteiger partial charge in [0.2, 0.25) is 0 Å². The highest BCUT2D eigenvalue weighted by Gasteiger charge is 2.40. The second-order valence-corrected chi connectivity index (χ2v) is 7.45. The minimum absolute atomic E-state index is 0.305. The van der Waals surface area contributed by atoms with Crippen LogP contribution in [-0.4, -0.2) is 16.6 Å². The first-order chi connectivity index (χ1) is 10.2. The molecule has 2 aromatic heterocycles. The molecule has 21 heavy (non-hydrogen) atoms. The van der Waals surface area contributed by atoms with Crippen LogP contribution in [0, 0.1) is 0 Å². The third-order valence-electron chi connectivity index (χ3n) is 4.76. The van der Waals surface area contributed by atoms with Crippen molar-refractivity contribution in [1.29, 1.82) is 0 Å². The van der Waals surface area contributed by atoms with Crippen molar-refractivity contribution in [3.05, 3.63) is 21.4 Å². The van der Waals surface area contributed by atoms with E-state index in [0.29, 0.717) is 11.8 Å². The molecule has 112 valence electrons. The summed E-state index contributed by atoms with van der Waals surface area (Å²) in [4.78, 5) is 12.0. The van der Waals surface area contributed by atoms with Crippen molar-refractivity contribution in [2.45, 2.75) is 57.5 Å². The number of hydrogen-bond acceptors (Lipinski definition) is 4. The third-order valence-corrected chi connectivity index (χ3v) is 6.22. The number of rotatable bonds is 3. The van der Waals surface area contributed by atoms with E-state index >= 15 is 0 Å². The summed E-state index contributed by atoms with van der Waals surface area (Å²) in [5.41, 5.74) is 1.09. The Morgan fingerprint density at radius 1 is 1.19 bits per heavy atom. The van der Waals surface area contributed by atoms with Gasteiger partial charge in [0.15, 0.2) is 5.82 Å². The summed E-state index contributed by atoms with van der Waals surface area (Å²) in [5, 5.41) is 1.72. The number of nitrogens with zero attached hydrogens (tertiary/aromatic N) is 2. The zero-order valence-electron chi connectivity index (χ0n) is 12.2. The molecule has 4 rings (SSSR count). The Balaban J connectivity index is 1.87. The van der Waals surface area contributed by atoms with Crippen LogP contribution >= 0.6 is 22.9 Å². The Morgan fingerprint density at radius 3 is 2.76 bits per heavy atom. The second-order valence-electron chi connectivity index (χ2n) is 6.01. The lowest BCUT2D eigenvalue weighted by Gasteiger charge is -2.27. The van der Waals surface area contributed by atoms with Crippen molar-refractivity contribution in [1.82, 2.24) is 9.97 Å². The van der Waals surface area contributed by atoms with Gasteiger partial charge in [-0.05, 0) is 57.4 Å². The predicted octanol–water partition coefficient (Wildman–Crippen LogP) is 4.64. The smallest absolute Gasteiger partial charge is 0.163 e. The minimum Gasteiger partial charge on any atom is -0.367 e. The van der Waals surface area contributed by atoms with Gasteiger partial charge in [-0.25, -0.2) is 9.97 Å². The Kier molecular flexibility index (Phi) is 3.43. The van der Waals surface area contributed by atoms with Crippen LogP contribution in [0.15, 0.2) is 0 Å². The van der Waals surface area contributed by atoms with Crippen LogP contribution in [0.4, 0.5) is 0 Å². The Morgan fingerprint density at radius 2 is 2.00 bits per heavy atom. The summed E-state index contributed by atoms with van der Waals surface area (Å²) in [6.45, 7) is 2.74. The lowest BCUT2D eigenvalue weighted by atomic mass is 10.0. The third kappa shape index (κ3) is 2.11. The van der Waals surface area contributed by atoms with Crippen LogP contribution in [0.2, 0.25) is 5.15 Å². The molecule has 2 aliphatic carbocycles. The lowest BCUT2D eigenvalue weighted by Crippen LogP contribution is -2.28. The van der Waals surface area contributed by atoms with Crippen LogP contribution in [0.25, 0.3) is 10.2 Å². The number of fused-ring (bicyclic) bond motifs is 3. The average Bonchev–Trinajstić information content (AvgIpc) is 3.13. The van der Waals surface area contributed by atoms with Gasteiger partial charge in [-0.15, -0.1) is 11.3 Å². The van der Waals surface area contributed by atoms with Crippen LogP contribution in [-0.2, 0) is 23.2 Å². The SMILES string of the molecule is CCOC1(c2nc(Cl)c3c4c(sc3n2)CCC4)CCCC1. The maximum absolute atomic E-state index is 6.53.